The molecule has 0 spiro atoms. The van der Waals surface area contributed by atoms with E-state index in [4.69, 9.17) is 16.6 Å². The first-order chi connectivity index (χ1) is 23.4. The van der Waals surface area contributed by atoms with Gasteiger partial charge in [0.15, 0.2) is 0 Å². The monoisotopic (exact) mass is 705 g/mol. The summed E-state index contributed by atoms with van der Waals surface area (Å²) in [6.07, 6.45) is 6.79. The van der Waals surface area contributed by atoms with E-state index in [-0.39, 0.29) is 38.7 Å². The normalized spacial score (nSPS) is 22.7. The van der Waals surface area contributed by atoms with E-state index in [0.717, 1.165) is 42.7 Å². The lowest BCUT2D eigenvalue weighted by Crippen LogP contribution is -2.49. The summed E-state index contributed by atoms with van der Waals surface area (Å²) in [4.78, 5) is 23.1. The van der Waals surface area contributed by atoms with Gasteiger partial charge in [0, 0.05) is 37.3 Å². The lowest BCUT2D eigenvalue weighted by Gasteiger charge is -2.45. The van der Waals surface area contributed by atoms with Crippen LogP contribution in [0.3, 0.4) is 0 Å². The summed E-state index contributed by atoms with van der Waals surface area (Å²) in [6, 6.07) is 20.8. The average Bonchev–Trinajstić information content (AvgIpc) is 3.53. The fourth-order valence-electron chi connectivity index (χ4n) is 8.81. The zero-order valence-corrected chi connectivity index (χ0v) is 30.0. The van der Waals surface area contributed by atoms with Crippen LogP contribution in [0.15, 0.2) is 71.6 Å². The molecule has 0 saturated carbocycles. The van der Waals surface area contributed by atoms with Crippen molar-refractivity contribution in [1.29, 1.82) is 0 Å². The Morgan fingerprint density at radius 2 is 1.71 bits per heavy atom. The molecule has 2 bridgehead atoms. The van der Waals surface area contributed by atoms with Gasteiger partial charge in [0.25, 0.3) is 5.91 Å². The lowest BCUT2D eigenvalue weighted by atomic mass is 9.70. The number of piperidine rings is 2. The summed E-state index contributed by atoms with van der Waals surface area (Å²) in [7, 11) is -3.80. The van der Waals surface area contributed by atoms with E-state index in [1.165, 1.54) is 42.6 Å². The first-order valence-electron chi connectivity index (χ1n) is 17.5. The molecule has 3 aliphatic rings. The fraction of sp³-hybridized carbons (Fsp3) is 0.474. The number of hydrogen-bond acceptors (Lipinski definition) is 5. The van der Waals surface area contributed by atoms with E-state index in [1.54, 1.807) is 30.9 Å². The number of fused-ring (bicyclic) bond motifs is 3. The number of carbonyl (C=O) groups is 1. The van der Waals surface area contributed by atoms with Gasteiger partial charge in [-0.1, -0.05) is 35.9 Å². The molecular weight excluding hydrogens is 661 g/mol. The standard InChI is InChI=1S/C38H45ClFN5O3S/c1-25(2)42-49(47,48)32-13-14-34(39)33(24-32)37(46)43-18-15-38(16-19-43,27-7-6-8-28(40)21-27)17-20-44-29-11-12-30(44)23-31(22-29)45-26(3)41-35-9-4-5-10-36(35)45/h4-10,13-14,21,24-25,29-31,42H,11-12,15-20,22-23H2,1-3H3/t29-,30+,31?. The highest BCUT2D eigenvalue weighted by Crippen LogP contribution is 2.45. The molecule has 3 saturated heterocycles. The zero-order valence-electron chi connectivity index (χ0n) is 28.4. The van der Waals surface area contributed by atoms with Gasteiger partial charge in [-0.25, -0.2) is 22.5 Å². The number of aromatic nitrogens is 2. The predicted molar refractivity (Wildman–Crippen MR) is 191 cm³/mol. The van der Waals surface area contributed by atoms with E-state index in [0.29, 0.717) is 44.1 Å². The van der Waals surface area contributed by atoms with E-state index < -0.39 is 10.0 Å². The number of imidazole rings is 1. The highest BCUT2D eigenvalue weighted by molar-refractivity contribution is 7.89. The number of nitrogens with zero attached hydrogens (tertiary/aromatic N) is 4. The van der Waals surface area contributed by atoms with Crippen LogP contribution in [0.5, 0.6) is 0 Å². The van der Waals surface area contributed by atoms with Crippen LogP contribution in [-0.4, -0.2) is 71.4 Å². The van der Waals surface area contributed by atoms with Crippen LogP contribution in [0.25, 0.3) is 11.0 Å². The quantitative estimate of drug-likeness (QED) is 0.198. The fourth-order valence-corrected chi connectivity index (χ4v) is 10.3. The van der Waals surface area contributed by atoms with Gasteiger partial charge < -0.3 is 9.47 Å². The van der Waals surface area contributed by atoms with Gasteiger partial charge in [-0.2, -0.15) is 0 Å². The number of para-hydroxylation sites is 2. The first-order valence-corrected chi connectivity index (χ1v) is 19.4. The van der Waals surface area contributed by atoms with Gasteiger partial charge >= 0.3 is 0 Å². The Hall–Kier alpha value is -3.31. The molecule has 0 aliphatic carbocycles. The molecule has 49 heavy (non-hydrogen) atoms. The van der Waals surface area contributed by atoms with Crippen molar-refractivity contribution in [1.82, 2.24) is 24.1 Å². The molecule has 1 amide bonds. The van der Waals surface area contributed by atoms with Gasteiger partial charge in [0.1, 0.15) is 11.6 Å². The van der Waals surface area contributed by atoms with Crippen LogP contribution < -0.4 is 4.72 Å². The lowest BCUT2D eigenvalue weighted by molar-refractivity contribution is 0.0606. The van der Waals surface area contributed by atoms with E-state index in [1.807, 2.05) is 12.1 Å². The Balaban J connectivity index is 1.08. The number of sulfonamides is 1. The van der Waals surface area contributed by atoms with E-state index in [2.05, 4.69) is 39.3 Å². The molecule has 8 nitrogen and oxygen atoms in total. The van der Waals surface area contributed by atoms with Crippen molar-refractivity contribution in [3.8, 4) is 0 Å². The van der Waals surface area contributed by atoms with Gasteiger partial charge in [0.2, 0.25) is 10.0 Å². The molecule has 1 aromatic heterocycles. The summed E-state index contributed by atoms with van der Waals surface area (Å²) in [5.74, 6) is 0.535. The summed E-state index contributed by atoms with van der Waals surface area (Å²) in [5, 5.41) is 0.216. The molecule has 7 rings (SSSR count). The molecule has 3 aromatic carbocycles. The van der Waals surface area contributed by atoms with Crippen molar-refractivity contribution in [2.75, 3.05) is 19.6 Å². The number of amides is 1. The molecule has 4 aromatic rings. The number of nitrogens with one attached hydrogen (secondary N) is 1. The first kappa shape index (κ1) is 34.2. The minimum atomic E-state index is -3.80. The smallest absolute Gasteiger partial charge is 0.255 e. The van der Waals surface area contributed by atoms with Crippen LogP contribution in [0, 0.1) is 12.7 Å². The van der Waals surface area contributed by atoms with Crippen molar-refractivity contribution in [2.24, 2.45) is 0 Å². The predicted octanol–water partition coefficient (Wildman–Crippen LogP) is 7.26. The molecule has 3 fully saturated rings. The molecule has 3 atom stereocenters. The zero-order chi connectivity index (χ0) is 34.5. The number of aryl methyl sites for hydroxylation is 1. The van der Waals surface area contributed by atoms with Crippen LogP contribution >= 0.6 is 11.6 Å². The number of halogens is 2. The number of hydrogen-bond donors (Lipinski definition) is 1. The minimum Gasteiger partial charge on any atom is -0.339 e. The average molecular weight is 706 g/mol. The van der Waals surface area contributed by atoms with Crippen molar-refractivity contribution in [3.05, 3.63) is 94.5 Å². The van der Waals surface area contributed by atoms with Crippen molar-refractivity contribution in [3.63, 3.8) is 0 Å². The third-order valence-electron chi connectivity index (χ3n) is 11.2. The van der Waals surface area contributed by atoms with Crippen LogP contribution in [-0.2, 0) is 15.4 Å². The Morgan fingerprint density at radius 3 is 2.41 bits per heavy atom. The highest BCUT2D eigenvalue weighted by Gasteiger charge is 2.44. The summed E-state index contributed by atoms with van der Waals surface area (Å²) < 4.78 is 45.4. The maximum atomic E-state index is 14.7. The molecule has 11 heteroatoms. The third-order valence-corrected chi connectivity index (χ3v) is 13.1. The molecule has 0 radical (unpaired) electrons. The summed E-state index contributed by atoms with van der Waals surface area (Å²) >= 11 is 6.47. The second-order valence-corrected chi connectivity index (χ2v) is 16.6. The second kappa shape index (κ2) is 13.4. The summed E-state index contributed by atoms with van der Waals surface area (Å²) in [5.41, 5.74) is 3.13. The molecule has 4 heterocycles. The number of likely N-dealkylation sites (tertiary alicyclic amines) is 1. The number of carbonyl (C=O) groups excluding carboxylic acids is 1. The van der Waals surface area contributed by atoms with E-state index in [9.17, 15) is 17.6 Å². The Morgan fingerprint density at radius 1 is 1.00 bits per heavy atom. The largest absolute Gasteiger partial charge is 0.339 e. The molecule has 3 aliphatic heterocycles. The third kappa shape index (κ3) is 6.65. The second-order valence-electron chi connectivity index (χ2n) is 14.5. The van der Waals surface area contributed by atoms with Gasteiger partial charge in [-0.15, -0.1) is 0 Å². The number of benzene rings is 3. The SMILES string of the molecule is Cc1nc2ccccc2n1C1C[C@H]2CC[C@@H](C1)N2CCC1(c2cccc(F)c2)CCN(C(=O)c2cc(S(=O)(=O)NC(C)C)ccc2Cl)CC1. The molecule has 1 unspecified atom stereocenters. The molecule has 260 valence electrons. The van der Waals surface area contributed by atoms with Crippen molar-refractivity contribution >= 4 is 38.6 Å². The van der Waals surface area contributed by atoms with Gasteiger partial charge in [0.05, 0.1) is 26.5 Å². The highest BCUT2D eigenvalue weighted by atomic mass is 35.5. The van der Waals surface area contributed by atoms with Crippen molar-refractivity contribution in [2.45, 2.75) is 100 Å². The maximum Gasteiger partial charge on any atom is 0.255 e. The Kier molecular flexibility index (Phi) is 9.36. The maximum absolute atomic E-state index is 14.7. The van der Waals surface area contributed by atoms with Gasteiger partial charge in [-0.3, -0.25) is 9.69 Å². The minimum absolute atomic E-state index is 0.00912. The van der Waals surface area contributed by atoms with Crippen LogP contribution in [0.1, 0.15) is 86.6 Å². The topological polar surface area (TPSA) is 87.5 Å². The van der Waals surface area contributed by atoms with Gasteiger partial charge in [-0.05, 0) is 126 Å². The summed E-state index contributed by atoms with van der Waals surface area (Å²) in [6.45, 7) is 7.46. The van der Waals surface area contributed by atoms with Crippen LogP contribution in [0.2, 0.25) is 5.02 Å². The van der Waals surface area contributed by atoms with Crippen molar-refractivity contribution < 1.29 is 17.6 Å². The Labute approximate surface area is 293 Å². The van der Waals surface area contributed by atoms with Crippen LogP contribution in [0.4, 0.5) is 4.39 Å². The number of rotatable bonds is 9. The molecular formula is C38H45ClFN5O3S. The van der Waals surface area contributed by atoms with E-state index >= 15 is 0 Å². The Bertz CT molecular complexity index is 1960. The molecule has 1 N–H and O–H groups in total.